The van der Waals surface area contributed by atoms with E-state index in [-0.39, 0.29) is 11.9 Å². The van der Waals surface area contributed by atoms with Crippen LogP contribution in [-0.4, -0.2) is 23.4 Å². The fourth-order valence-electron chi connectivity index (χ4n) is 2.02. The first kappa shape index (κ1) is 14.3. The second-order valence-electron chi connectivity index (χ2n) is 4.71. The third-order valence-electron chi connectivity index (χ3n) is 3.12. The molecule has 4 nitrogen and oxygen atoms in total. The minimum absolute atomic E-state index is 0.0490. The Morgan fingerprint density at radius 1 is 1.33 bits per heavy atom. The van der Waals surface area contributed by atoms with Gasteiger partial charge in [-0.2, -0.15) is 5.26 Å². The highest BCUT2D eigenvalue weighted by Gasteiger charge is 2.25. The molecular weight excluding hydrogens is 228 g/mol. The Bertz CT molecular complexity index is 481. The Kier molecular flexibility index (Phi) is 4.55. The van der Waals surface area contributed by atoms with E-state index in [1.165, 1.54) is 0 Å². The highest BCUT2D eigenvalue weighted by molar-refractivity contribution is 5.97. The van der Waals surface area contributed by atoms with Gasteiger partial charge in [0.15, 0.2) is 0 Å². The standard InChI is InChI=1S/C14H20N2O2/c1-9(2)16(8-6-7-15)14(17)13-10(3)11(4)18-12(13)5/h9H,6,8H2,1-5H3. The second-order valence-corrected chi connectivity index (χ2v) is 4.71. The zero-order valence-corrected chi connectivity index (χ0v) is 11.7. The van der Waals surface area contributed by atoms with E-state index >= 15 is 0 Å². The fourth-order valence-corrected chi connectivity index (χ4v) is 2.02. The molecule has 0 fully saturated rings. The van der Waals surface area contributed by atoms with Crippen LogP contribution < -0.4 is 0 Å². The lowest BCUT2D eigenvalue weighted by Crippen LogP contribution is -2.38. The van der Waals surface area contributed by atoms with Crippen LogP contribution in [-0.2, 0) is 0 Å². The number of nitrogens with zero attached hydrogens (tertiary/aromatic N) is 2. The zero-order valence-electron chi connectivity index (χ0n) is 11.7. The fraction of sp³-hybridized carbons (Fsp3) is 0.571. The maximum atomic E-state index is 12.5. The molecule has 1 aromatic rings. The summed E-state index contributed by atoms with van der Waals surface area (Å²) in [6.45, 7) is 9.90. The van der Waals surface area contributed by atoms with E-state index in [0.29, 0.717) is 24.3 Å². The smallest absolute Gasteiger partial charge is 0.257 e. The number of carbonyl (C=O) groups excluding carboxylic acids is 1. The van der Waals surface area contributed by atoms with Crippen LogP contribution in [0.1, 0.15) is 47.7 Å². The number of furan rings is 1. The van der Waals surface area contributed by atoms with Crippen LogP contribution in [0.4, 0.5) is 0 Å². The first-order valence-corrected chi connectivity index (χ1v) is 6.14. The molecule has 1 aromatic heterocycles. The van der Waals surface area contributed by atoms with Gasteiger partial charge >= 0.3 is 0 Å². The minimum Gasteiger partial charge on any atom is -0.466 e. The Morgan fingerprint density at radius 3 is 2.33 bits per heavy atom. The summed E-state index contributed by atoms with van der Waals surface area (Å²) >= 11 is 0. The van der Waals surface area contributed by atoms with Crippen LogP contribution in [0.25, 0.3) is 0 Å². The van der Waals surface area contributed by atoms with Crippen molar-refractivity contribution < 1.29 is 9.21 Å². The molecule has 1 heterocycles. The number of carbonyl (C=O) groups is 1. The van der Waals surface area contributed by atoms with Gasteiger partial charge in [0.25, 0.3) is 5.91 Å². The third-order valence-corrected chi connectivity index (χ3v) is 3.12. The van der Waals surface area contributed by atoms with E-state index in [2.05, 4.69) is 6.07 Å². The van der Waals surface area contributed by atoms with Crippen molar-refractivity contribution in [3.05, 3.63) is 22.6 Å². The number of amides is 1. The number of hydrogen-bond donors (Lipinski definition) is 0. The van der Waals surface area contributed by atoms with Crippen molar-refractivity contribution in [1.29, 1.82) is 5.26 Å². The molecule has 98 valence electrons. The van der Waals surface area contributed by atoms with Gasteiger partial charge in [-0.05, 0) is 34.6 Å². The molecule has 0 radical (unpaired) electrons. The molecule has 1 rings (SSSR count). The Morgan fingerprint density at radius 2 is 1.94 bits per heavy atom. The second kappa shape index (κ2) is 5.72. The van der Waals surface area contributed by atoms with E-state index in [1.807, 2.05) is 27.7 Å². The van der Waals surface area contributed by atoms with E-state index in [9.17, 15) is 4.79 Å². The molecule has 0 saturated heterocycles. The number of hydrogen-bond acceptors (Lipinski definition) is 3. The van der Waals surface area contributed by atoms with Crippen molar-refractivity contribution >= 4 is 5.91 Å². The zero-order chi connectivity index (χ0) is 13.9. The molecule has 18 heavy (non-hydrogen) atoms. The van der Waals surface area contributed by atoms with Crippen molar-refractivity contribution in [2.24, 2.45) is 0 Å². The summed E-state index contributed by atoms with van der Waals surface area (Å²) in [5.41, 5.74) is 1.53. The van der Waals surface area contributed by atoms with Crippen LogP contribution in [0, 0.1) is 32.1 Å². The highest BCUT2D eigenvalue weighted by atomic mass is 16.3. The van der Waals surface area contributed by atoms with Crippen molar-refractivity contribution in [2.75, 3.05) is 6.54 Å². The SMILES string of the molecule is Cc1oc(C)c(C(=O)N(CCC#N)C(C)C)c1C. The molecule has 0 spiro atoms. The molecule has 0 atom stereocenters. The summed E-state index contributed by atoms with van der Waals surface area (Å²) in [6, 6.07) is 2.15. The predicted octanol–water partition coefficient (Wildman–Crippen LogP) is 2.97. The highest BCUT2D eigenvalue weighted by Crippen LogP contribution is 2.23. The van der Waals surface area contributed by atoms with Crippen molar-refractivity contribution in [1.82, 2.24) is 4.90 Å². The quantitative estimate of drug-likeness (QED) is 0.823. The Hall–Kier alpha value is -1.76. The third kappa shape index (κ3) is 2.73. The molecule has 0 saturated carbocycles. The van der Waals surface area contributed by atoms with E-state index in [4.69, 9.17) is 9.68 Å². The molecule has 0 aliphatic carbocycles. The van der Waals surface area contributed by atoms with Crippen molar-refractivity contribution in [3.8, 4) is 6.07 Å². The normalized spacial score (nSPS) is 10.5. The van der Waals surface area contributed by atoms with Crippen molar-refractivity contribution in [2.45, 2.75) is 47.1 Å². The lowest BCUT2D eigenvalue weighted by Gasteiger charge is -2.26. The van der Waals surface area contributed by atoms with Crippen LogP contribution >= 0.6 is 0 Å². The first-order valence-electron chi connectivity index (χ1n) is 6.14. The van der Waals surface area contributed by atoms with Gasteiger partial charge in [-0.3, -0.25) is 4.79 Å². The average molecular weight is 248 g/mol. The maximum absolute atomic E-state index is 12.5. The summed E-state index contributed by atoms with van der Waals surface area (Å²) in [7, 11) is 0. The summed E-state index contributed by atoms with van der Waals surface area (Å²) in [5.74, 6) is 1.38. The summed E-state index contributed by atoms with van der Waals surface area (Å²) in [6.07, 6.45) is 0.346. The van der Waals surface area contributed by atoms with Gasteiger partial charge in [-0.15, -0.1) is 0 Å². The Labute approximate surface area is 108 Å². The van der Waals surface area contributed by atoms with Crippen molar-refractivity contribution in [3.63, 3.8) is 0 Å². The molecule has 0 aliphatic rings. The Balaban J connectivity index is 3.06. The minimum atomic E-state index is -0.0490. The van der Waals surface area contributed by atoms with Gasteiger partial charge in [0, 0.05) is 18.2 Å². The van der Waals surface area contributed by atoms with Crippen LogP contribution in [0.2, 0.25) is 0 Å². The van der Waals surface area contributed by atoms with E-state index in [1.54, 1.807) is 11.8 Å². The monoisotopic (exact) mass is 248 g/mol. The summed E-state index contributed by atoms with van der Waals surface area (Å²) in [5, 5.41) is 8.66. The molecule has 0 bridgehead atoms. The summed E-state index contributed by atoms with van der Waals surface area (Å²) < 4.78 is 5.49. The largest absolute Gasteiger partial charge is 0.466 e. The lowest BCUT2D eigenvalue weighted by atomic mass is 10.1. The number of rotatable bonds is 4. The summed E-state index contributed by atoms with van der Waals surface area (Å²) in [4.78, 5) is 14.2. The van der Waals surface area contributed by atoms with Gasteiger partial charge in [-0.25, -0.2) is 0 Å². The van der Waals surface area contributed by atoms with E-state index in [0.717, 1.165) is 11.3 Å². The van der Waals surface area contributed by atoms with E-state index < -0.39 is 0 Å². The predicted molar refractivity (Wildman–Crippen MR) is 69.3 cm³/mol. The first-order chi connectivity index (χ1) is 8.40. The van der Waals surface area contributed by atoms with Crippen LogP contribution in [0.3, 0.4) is 0 Å². The van der Waals surface area contributed by atoms with Gasteiger partial charge in [0.1, 0.15) is 11.5 Å². The lowest BCUT2D eigenvalue weighted by molar-refractivity contribution is 0.0708. The maximum Gasteiger partial charge on any atom is 0.257 e. The van der Waals surface area contributed by atoms with Crippen LogP contribution in [0.15, 0.2) is 4.42 Å². The molecule has 4 heteroatoms. The van der Waals surface area contributed by atoms with Gasteiger partial charge < -0.3 is 9.32 Å². The topological polar surface area (TPSA) is 57.2 Å². The average Bonchev–Trinajstić information content (AvgIpc) is 2.53. The molecule has 0 unspecified atom stereocenters. The molecular formula is C14H20N2O2. The molecule has 1 amide bonds. The van der Waals surface area contributed by atoms with Gasteiger partial charge in [0.2, 0.25) is 0 Å². The molecule has 0 aliphatic heterocycles. The molecule has 0 aromatic carbocycles. The number of nitriles is 1. The van der Waals surface area contributed by atoms with Gasteiger partial charge in [0.05, 0.1) is 18.1 Å². The van der Waals surface area contributed by atoms with Crippen LogP contribution in [0.5, 0.6) is 0 Å². The number of aryl methyl sites for hydroxylation is 2. The van der Waals surface area contributed by atoms with Gasteiger partial charge in [-0.1, -0.05) is 0 Å². The molecule has 0 N–H and O–H groups in total.